The van der Waals surface area contributed by atoms with Gasteiger partial charge in [0.2, 0.25) is 19.7 Å². The van der Waals surface area contributed by atoms with E-state index in [4.69, 9.17) is 0 Å². The quantitative estimate of drug-likeness (QED) is 0.570. The Bertz CT molecular complexity index is 425. The van der Waals surface area contributed by atoms with Gasteiger partial charge in [-0.15, -0.1) is 0 Å². The number of hydrogen-bond acceptors (Lipinski definition) is 4. The Kier molecular flexibility index (Phi) is 5.08. The van der Waals surface area contributed by atoms with Crippen LogP contribution in [0.3, 0.4) is 0 Å². The smallest absolute Gasteiger partial charge is 0.220 e. The van der Waals surface area contributed by atoms with Crippen LogP contribution in [0.15, 0.2) is 0 Å². The summed E-state index contributed by atoms with van der Waals surface area (Å²) in [6.07, 6.45) is -1.64. The number of rotatable bonds is 5. The molecule has 0 N–H and O–H groups in total. The van der Waals surface area contributed by atoms with E-state index in [9.17, 15) is 43.2 Å². The maximum Gasteiger partial charge on any atom is 0.497 e. The third kappa shape index (κ3) is 4.63. The van der Waals surface area contributed by atoms with E-state index in [1.165, 1.54) is 0 Å². The number of halogens is 6. The molecule has 0 unspecified atom stereocenters. The van der Waals surface area contributed by atoms with Gasteiger partial charge in [-0.3, -0.25) is 0 Å². The molecule has 0 radical (unpaired) electrons. The normalized spacial score (nSPS) is 14.8. The Morgan fingerprint density at radius 1 is 0.611 bits per heavy atom. The van der Waals surface area contributed by atoms with E-state index in [0.29, 0.717) is 0 Å². The molecule has 0 aromatic heterocycles. The zero-order chi connectivity index (χ0) is 14.8. The molecule has 0 rings (SSSR count). The number of hydrogen-bond donors (Lipinski definition) is 0. The lowest BCUT2D eigenvalue weighted by atomic mass is 10.4. The molecule has 0 amide bonds. The molecule has 0 aliphatic rings. The summed E-state index contributed by atoms with van der Waals surface area (Å²) >= 11 is 0. The molecule has 0 spiro atoms. The van der Waals surface area contributed by atoms with Crippen molar-refractivity contribution in [2.45, 2.75) is 23.9 Å². The van der Waals surface area contributed by atoms with Gasteiger partial charge in [0.1, 0.15) is 0 Å². The summed E-state index contributed by atoms with van der Waals surface area (Å²) in [6.45, 7) is 0. The van der Waals surface area contributed by atoms with E-state index >= 15 is 0 Å². The van der Waals surface area contributed by atoms with Crippen molar-refractivity contribution < 1.29 is 43.2 Å². The van der Waals surface area contributed by atoms with Gasteiger partial charge in [0.15, 0.2) is 0 Å². The molecule has 12 heteroatoms. The Morgan fingerprint density at radius 2 is 0.833 bits per heavy atom. The molecule has 4 nitrogen and oxygen atoms in total. The fourth-order valence-corrected chi connectivity index (χ4v) is 2.45. The Labute approximate surface area is 98.8 Å². The van der Waals surface area contributed by atoms with Crippen LogP contribution in [0.2, 0.25) is 0 Å². The van der Waals surface area contributed by atoms with Crippen molar-refractivity contribution >= 4 is 19.7 Å². The van der Waals surface area contributed by atoms with Crippen LogP contribution in [0, 0.1) is 0 Å². The molecule has 0 saturated heterocycles. The second-order valence-corrected chi connectivity index (χ2v) is 7.44. The predicted molar refractivity (Wildman–Crippen MR) is 48.9 cm³/mol. The molecule has 0 aromatic carbocycles. The predicted octanol–water partition coefficient (Wildman–Crippen LogP) is 1.64. The van der Waals surface area contributed by atoms with Crippen LogP contribution >= 0.6 is 0 Å². The maximum atomic E-state index is 11.8. The zero-order valence-corrected chi connectivity index (χ0v) is 10.2. The standard InChI is InChI=1S/C6H8F6O4S2/c7-5(8,9)17(13,14)3-1-2-4-18(15,16)6(10,11)12/h1-4H2. The van der Waals surface area contributed by atoms with Gasteiger partial charge in [-0.1, -0.05) is 0 Å². The van der Waals surface area contributed by atoms with Gasteiger partial charge in [0.25, 0.3) is 0 Å². The van der Waals surface area contributed by atoms with E-state index in [2.05, 4.69) is 0 Å². The van der Waals surface area contributed by atoms with Gasteiger partial charge in [0.05, 0.1) is 11.5 Å². The zero-order valence-electron chi connectivity index (χ0n) is 8.55. The van der Waals surface area contributed by atoms with Crippen LogP contribution in [0.4, 0.5) is 26.3 Å². The Hall–Kier alpha value is -0.520. The molecular formula is C6H8F6O4S2. The number of alkyl halides is 6. The fraction of sp³-hybridized carbons (Fsp3) is 1.00. The first kappa shape index (κ1) is 17.5. The molecular weight excluding hydrogens is 314 g/mol. The van der Waals surface area contributed by atoms with Gasteiger partial charge in [-0.05, 0) is 12.8 Å². The minimum Gasteiger partial charge on any atom is -0.220 e. The molecule has 0 atom stereocenters. The Balaban J connectivity index is 4.36. The maximum absolute atomic E-state index is 11.8. The van der Waals surface area contributed by atoms with Gasteiger partial charge >= 0.3 is 11.0 Å². The van der Waals surface area contributed by atoms with E-state index in [1.54, 1.807) is 0 Å². The first-order chi connectivity index (χ1) is 7.71. The van der Waals surface area contributed by atoms with Gasteiger partial charge in [0, 0.05) is 0 Å². The second-order valence-electron chi connectivity index (χ2n) is 3.24. The third-order valence-electron chi connectivity index (χ3n) is 1.78. The van der Waals surface area contributed by atoms with Crippen LogP contribution in [-0.2, 0) is 19.7 Å². The van der Waals surface area contributed by atoms with Crippen molar-refractivity contribution in [1.82, 2.24) is 0 Å². The minimum absolute atomic E-state index is 0.822. The summed E-state index contributed by atoms with van der Waals surface area (Å²) in [5, 5.41) is 0. The van der Waals surface area contributed by atoms with Crippen molar-refractivity contribution in [2.75, 3.05) is 11.5 Å². The molecule has 0 heterocycles. The summed E-state index contributed by atoms with van der Waals surface area (Å²) in [7, 11) is -10.9. The van der Waals surface area contributed by atoms with Crippen LogP contribution < -0.4 is 0 Å². The highest BCUT2D eigenvalue weighted by Gasteiger charge is 2.46. The first-order valence-corrected chi connectivity index (χ1v) is 7.59. The van der Waals surface area contributed by atoms with Crippen molar-refractivity contribution in [1.29, 1.82) is 0 Å². The number of unbranched alkanes of at least 4 members (excludes halogenated alkanes) is 1. The summed E-state index contributed by atoms with van der Waals surface area (Å²) in [5.41, 5.74) is -11.0. The van der Waals surface area contributed by atoms with Crippen molar-refractivity contribution in [2.24, 2.45) is 0 Å². The largest absolute Gasteiger partial charge is 0.497 e. The van der Waals surface area contributed by atoms with Crippen molar-refractivity contribution in [3.8, 4) is 0 Å². The monoisotopic (exact) mass is 322 g/mol. The molecule has 0 aromatic rings. The first-order valence-electron chi connectivity index (χ1n) is 4.29. The molecule has 0 fully saturated rings. The average Bonchev–Trinajstić information content (AvgIpc) is 2.08. The van der Waals surface area contributed by atoms with E-state index in [0.717, 1.165) is 0 Å². The van der Waals surface area contributed by atoms with Crippen LogP contribution in [0.5, 0.6) is 0 Å². The fourth-order valence-electron chi connectivity index (χ4n) is 0.816. The minimum atomic E-state index is -5.49. The van der Waals surface area contributed by atoms with E-state index < -0.39 is 55.0 Å². The lowest BCUT2D eigenvalue weighted by Crippen LogP contribution is -2.28. The molecule has 0 saturated carbocycles. The lowest BCUT2D eigenvalue weighted by Gasteiger charge is -2.09. The van der Waals surface area contributed by atoms with Crippen LogP contribution in [0.1, 0.15) is 12.8 Å². The van der Waals surface area contributed by atoms with Crippen LogP contribution in [0.25, 0.3) is 0 Å². The molecule has 0 aliphatic carbocycles. The van der Waals surface area contributed by atoms with E-state index in [-0.39, 0.29) is 0 Å². The molecule has 0 aliphatic heterocycles. The SMILES string of the molecule is O=S(=O)(CCCCS(=O)(=O)C(F)(F)F)C(F)(F)F. The number of sulfone groups is 2. The Morgan fingerprint density at radius 3 is 1.00 bits per heavy atom. The summed E-state index contributed by atoms with van der Waals surface area (Å²) in [6, 6.07) is 0. The van der Waals surface area contributed by atoms with Gasteiger partial charge in [-0.2, -0.15) is 26.3 Å². The summed E-state index contributed by atoms with van der Waals surface area (Å²) < 4.78 is 113. The van der Waals surface area contributed by atoms with Crippen molar-refractivity contribution in [3.05, 3.63) is 0 Å². The van der Waals surface area contributed by atoms with Gasteiger partial charge in [-0.25, -0.2) is 16.8 Å². The second kappa shape index (κ2) is 5.23. The highest BCUT2D eigenvalue weighted by atomic mass is 32.2. The van der Waals surface area contributed by atoms with E-state index in [1.807, 2.05) is 0 Å². The average molecular weight is 322 g/mol. The lowest BCUT2D eigenvalue weighted by molar-refractivity contribution is -0.0444. The van der Waals surface area contributed by atoms with Crippen molar-refractivity contribution in [3.63, 3.8) is 0 Å². The molecule has 0 bridgehead atoms. The third-order valence-corrected chi connectivity index (χ3v) is 4.84. The molecule has 110 valence electrons. The summed E-state index contributed by atoms with van der Waals surface area (Å²) in [4.78, 5) is 0. The van der Waals surface area contributed by atoms with Crippen LogP contribution in [-0.4, -0.2) is 39.4 Å². The highest BCUT2D eigenvalue weighted by Crippen LogP contribution is 2.26. The topological polar surface area (TPSA) is 68.3 Å². The summed E-state index contributed by atoms with van der Waals surface area (Å²) in [5.74, 6) is -2.88. The molecule has 18 heavy (non-hydrogen) atoms. The highest BCUT2D eigenvalue weighted by molar-refractivity contribution is 7.92. The van der Waals surface area contributed by atoms with Gasteiger partial charge < -0.3 is 0 Å².